The fraction of sp³-hybridized carbons (Fsp3) is 0.400. The molecule has 0 saturated carbocycles. The molecule has 0 bridgehead atoms. The molecular weight excluding hydrogens is 150 g/mol. The second-order valence-electron chi connectivity index (χ2n) is 2.78. The summed E-state index contributed by atoms with van der Waals surface area (Å²) in [4.78, 5) is 0. The van der Waals surface area contributed by atoms with Crippen LogP contribution < -0.4 is 10.1 Å². The summed E-state index contributed by atoms with van der Waals surface area (Å²) in [7, 11) is 3.63. The second-order valence-corrected chi connectivity index (χ2v) is 2.78. The summed E-state index contributed by atoms with van der Waals surface area (Å²) in [6.45, 7) is 2.13. The highest BCUT2D eigenvalue weighted by Gasteiger charge is 2.00. The smallest absolute Gasteiger partial charge is 0.118 e. The summed E-state index contributed by atoms with van der Waals surface area (Å²) < 4.78 is 5.06. The van der Waals surface area contributed by atoms with Crippen molar-refractivity contribution in [1.29, 1.82) is 0 Å². The lowest BCUT2D eigenvalue weighted by molar-refractivity contribution is 0.414. The van der Waals surface area contributed by atoms with Gasteiger partial charge in [0, 0.05) is 6.04 Å². The normalized spacial score (nSPS) is 12.6. The van der Waals surface area contributed by atoms with Gasteiger partial charge in [-0.3, -0.25) is 0 Å². The molecule has 0 fully saturated rings. The number of rotatable bonds is 3. The summed E-state index contributed by atoms with van der Waals surface area (Å²) in [5.41, 5.74) is 1.28. The summed E-state index contributed by atoms with van der Waals surface area (Å²) in [6, 6.07) is 8.49. The van der Waals surface area contributed by atoms with Crippen LogP contribution in [-0.2, 0) is 0 Å². The third kappa shape index (κ3) is 1.98. The molecule has 0 aromatic heterocycles. The van der Waals surface area contributed by atoms with E-state index < -0.39 is 0 Å². The van der Waals surface area contributed by atoms with Crippen molar-refractivity contribution in [1.82, 2.24) is 5.32 Å². The molecular formula is C10H15NO. The standard InChI is InChI=1S/C10H15NO/c1-8(11-2)9-4-6-10(12-3)7-5-9/h4-8,11H,1-3H3/t8-/m1/s1. The average molecular weight is 165 g/mol. The molecule has 0 radical (unpaired) electrons. The largest absolute Gasteiger partial charge is 0.497 e. The highest BCUT2D eigenvalue weighted by Crippen LogP contribution is 2.16. The van der Waals surface area contributed by atoms with Gasteiger partial charge in [0.2, 0.25) is 0 Å². The first-order chi connectivity index (χ1) is 5.77. The maximum atomic E-state index is 5.06. The molecule has 1 atom stereocenters. The second kappa shape index (κ2) is 4.12. The van der Waals surface area contributed by atoms with Crippen molar-refractivity contribution in [3.8, 4) is 5.75 Å². The van der Waals surface area contributed by atoms with Crippen LogP contribution in [0.1, 0.15) is 18.5 Å². The van der Waals surface area contributed by atoms with Crippen LogP contribution >= 0.6 is 0 Å². The maximum absolute atomic E-state index is 5.06. The third-order valence-electron chi connectivity index (χ3n) is 2.05. The first kappa shape index (κ1) is 9.07. The number of benzene rings is 1. The van der Waals surface area contributed by atoms with Crippen molar-refractivity contribution in [2.75, 3.05) is 14.2 Å². The zero-order chi connectivity index (χ0) is 8.97. The fourth-order valence-electron chi connectivity index (χ4n) is 1.06. The summed E-state index contributed by atoms with van der Waals surface area (Å²) in [5.74, 6) is 0.905. The van der Waals surface area contributed by atoms with Gasteiger partial charge in [-0.2, -0.15) is 0 Å². The van der Waals surface area contributed by atoms with E-state index in [-0.39, 0.29) is 0 Å². The average Bonchev–Trinajstić information content (AvgIpc) is 2.17. The van der Waals surface area contributed by atoms with Gasteiger partial charge in [0.1, 0.15) is 5.75 Å². The summed E-state index contributed by atoms with van der Waals surface area (Å²) >= 11 is 0. The van der Waals surface area contributed by atoms with E-state index in [1.165, 1.54) is 5.56 Å². The van der Waals surface area contributed by atoms with Crippen LogP contribution in [0.5, 0.6) is 5.75 Å². The fourth-order valence-corrected chi connectivity index (χ4v) is 1.06. The molecule has 66 valence electrons. The van der Waals surface area contributed by atoms with Crippen molar-refractivity contribution >= 4 is 0 Å². The number of methoxy groups -OCH3 is 1. The number of ether oxygens (including phenoxy) is 1. The van der Waals surface area contributed by atoms with Gasteiger partial charge in [-0.25, -0.2) is 0 Å². The van der Waals surface area contributed by atoms with Gasteiger partial charge in [-0.05, 0) is 31.7 Å². The van der Waals surface area contributed by atoms with Crippen molar-refractivity contribution < 1.29 is 4.74 Å². The van der Waals surface area contributed by atoms with E-state index in [4.69, 9.17) is 4.74 Å². The van der Waals surface area contributed by atoms with Crippen molar-refractivity contribution in [3.05, 3.63) is 29.8 Å². The molecule has 0 aliphatic heterocycles. The first-order valence-corrected chi connectivity index (χ1v) is 4.09. The van der Waals surface area contributed by atoms with Gasteiger partial charge < -0.3 is 10.1 Å². The van der Waals surface area contributed by atoms with Crippen molar-refractivity contribution in [2.24, 2.45) is 0 Å². The quantitative estimate of drug-likeness (QED) is 0.739. The van der Waals surface area contributed by atoms with Crippen molar-refractivity contribution in [3.63, 3.8) is 0 Å². The van der Waals surface area contributed by atoms with E-state index >= 15 is 0 Å². The van der Waals surface area contributed by atoms with E-state index in [0.717, 1.165) is 5.75 Å². The van der Waals surface area contributed by atoms with Crippen LogP contribution in [0.3, 0.4) is 0 Å². The number of hydrogen-bond acceptors (Lipinski definition) is 2. The molecule has 1 rings (SSSR count). The first-order valence-electron chi connectivity index (χ1n) is 4.09. The van der Waals surface area contributed by atoms with Gasteiger partial charge in [0.05, 0.1) is 7.11 Å². The molecule has 0 saturated heterocycles. The Balaban J connectivity index is 2.77. The molecule has 0 unspecified atom stereocenters. The minimum Gasteiger partial charge on any atom is -0.497 e. The minimum absolute atomic E-state index is 0.399. The Bertz CT molecular complexity index is 230. The topological polar surface area (TPSA) is 21.3 Å². The van der Waals surface area contributed by atoms with E-state index in [2.05, 4.69) is 24.4 Å². The predicted octanol–water partition coefficient (Wildman–Crippen LogP) is 1.98. The van der Waals surface area contributed by atoms with E-state index in [1.54, 1.807) is 7.11 Å². The lowest BCUT2D eigenvalue weighted by Crippen LogP contribution is -2.11. The Kier molecular flexibility index (Phi) is 3.11. The Labute approximate surface area is 73.6 Å². The maximum Gasteiger partial charge on any atom is 0.118 e. The summed E-state index contributed by atoms with van der Waals surface area (Å²) in [5, 5.41) is 3.18. The van der Waals surface area contributed by atoms with Crippen LogP contribution in [-0.4, -0.2) is 14.2 Å². The highest BCUT2D eigenvalue weighted by atomic mass is 16.5. The molecule has 0 heterocycles. The molecule has 0 spiro atoms. The lowest BCUT2D eigenvalue weighted by Gasteiger charge is -2.10. The monoisotopic (exact) mass is 165 g/mol. The number of hydrogen-bond donors (Lipinski definition) is 1. The van der Waals surface area contributed by atoms with Crippen molar-refractivity contribution in [2.45, 2.75) is 13.0 Å². The van der Waals surface area contributed by atoms with E-state index in [9.17, 15) is 0 Å². The summed E-state index contributed by atoms with van der Waals surface area (Å²) in [6.07, 6.45) is 0. The molecule has 2 heteroatoms. The minimum atomic E-state index is 0.399. The molecule has 0 amide bonds. The zero-order valence-electron chi connectivity index (χ0n) is 7.79. The Morgan fingerprint density at radius 2 is 1.83 bits per heavy atom. The van der Waals surface area contributed by atoms with E-state index in [1.807, 2.05) is 19.2 Å². The molecule has 2 nitrogen and oxygen atoms in total. The van der Waals surface area contributed by atoms with Gasteiger partial charge in [-0.1, -0.05) is 12.1 Å². The third-order valence-corrected chi connectivity index (χ3v) is 2.05. The Morgan fingerprint density at radius 3 is 2.25 bits per heavy atom. The molecule has 1 aromatic rings. The number of nitrogens with one attached hydrogen (secondary N) is 1. The van der Waals surface area contributed by atoms with Gasteiger partial charge in [0.15, 0.2) is 0 Å². The Morgan fingerprint density at radius 1 is 1.25 bits per heavy atom. The molecule has 1 aromatic carbocycles. The van der Waals surface area contributed by atoms with Crippen LogP contribution in [0.4, 0.5) is 0 Å². The van der Waals surface area contributed by atoms with Crippen LogP contribution in [0.25, 0.3) is 0 Å². The van der Waals surface area contributed by atoms with Gasteiger partial charge in [-0.15, -0.1) is 0 Å². The molecule has 0 aliphatic rings. The van der Waals surface area contributed by atoms with Crippen LogP contribution in [0.2, 0.25) is 0 Å². The van der Waals surface area contributed by atoms with E-state index in [0.29, 0.717) is 6.04 Å². The highest BCUT2D eigenvalue weighted by molar-refractivity contribution is 5.28. The van der Waals surface area contributed by atoms with Crippen LogP contribution in [0, 0.1) is 0 Å². The Hall–Kier alpha value is -1.02. The zero-order valence-corrected chi connectivity index (χ0v) is 7.79. The molecule has 12 heavy (non-hydrogen) atoms. The predicted molar refractivity (Wildman–Crippen MR) is 50.5 cm³/mol. The molecule has 0 aliphatic carbocycles. The molecule has 1 N–H and O–H groups in total. The lowest BCUT2D eigenvalue weighted by atomic mass is 10.1. The SMILES string of the molecule is CN[C@H](C)c1ccc(OC)cc1. The van der Waals surface area contributed by atoms with Gasteiger partial charge >= 0.3 is 0 Å². The van der Waals surface area contributed by atoms with Gasteiger partial charge in [0.25, 0.3) is 0 Å². The van der Waals surface area contributed by atoms with Crippen LogP contribution in [0.15, 0.2) is 24.3 Å².